The zero-order valence-corrected chi connectivity index (χ0v) is 9.70. The first-order valence-electron chi connectivity index (χ1n) is 5.25. The number of benzene rings is 1. The summed E-state index contributed by atoms with van der Waals surface area (Å²) >= 11 is 0. The third-order valence-corrected chi connectivity index (χ3v) is 2.31. The van der Waals surface area contributed by atoms with Gasteiger partial charge in [-0.15, -0.1) is 0 Å². The summed E-state index contributed by atoms with van der Waals surface area (Å²) in [5, 5.41) is 10.8. The van der Waals surface area contributed by atoms with Crippen LogP contribution in [0.5, 0.6) is 11.5 Å². The lowest BCUT2D eigenvalue weighted by Crippen LogP contribution is -2.24. The Kier molecular flexibility index (Phi) is 3.43. The Bertz CT molecular complexity index is 551. The molecule has 2 aromatic rings. The molecular formula is C13H11NO4. The summed E-state index contributed by atoms with van der Waals surface area (Å²) in [6.07, 6.45) is 2.47. The standard InChI is InChI=1S/C13H11NO4/c1-17-11-4-2-3-5-12(11)18-13(15)10-6-8-14(16)9-7-10/h2-9H,1H3. The lowest BCUT2D eigenvalue weighted by molar-refractivity contribution is -0.605. The molecule has 0 unspecified atom stereocenters. The van der Waals surface area contributed by atoms with Crippen molar-refractivity contribution >= 4 is 5.97 Å². The highest BCUT2D eigenvalue weighted by Crippen LogP contribution is 2.26. The Morgan fingerprint density at radius 1 is 1.11 bits per heavy atom. The molecule has 0 saturated heterocycles. The predicted molar refractivity (Wildman–Crippen MR) is 63.4 cm³/mol. The van der Waals surface area contributed by atoms with Gasteiger partial charge in [-0.25, -0.2) is 4.79 Å². The zero-order valence-electron chi connectivity index (χ0n) is 9.70. The van der Waals surface area contributed by atoms with Crippen molar-refractivity contribution in [1.82, 2.24) is 0 Å². The van der Waals surface area contributed by atoms with E-state index in [4.69, 9.17) is 9.47 Å². The Labute approximate surface area is 104 Å². The third kappa shape index (κ3) is 2.57. The van der Waals surface area contributed by atoms with Crippen molar-refractivity contribution in [2.45, 2.75) is 0 Å². The summed E-state index contributed by atoms with van der Waals surface area (Å²) in [6, 6.07) is 9.63. The highest BCUT2D eigenvalue weighted by atomic mass is 16.6. The van der Waals surface area contributed by atoms with Gasteiger partial charge in [0.15, 0.2) is 23.9 Å². The summed E-state index contributed by atoms with van der Waals surface area (Å²) in [4.78, 5) is 11.8. The van der Waals surface area contributed by atoms with Crippen LogP contribution in [0, 0.1) is 5.21 Å². The molecule has 0 aliphatic rings. The summed E-state index contributed by atoms with van der Waals surface area (Å²) in [6.45, 7) is 0. The summed E-state index contributed by atoms with van der Waals surface area (Å²) < 4.78 is 10.9. The molecule has 0 bridgehead atoms. The molecule has 0 saturated carbocycles. The maximum absolute atomic E-state index is 11.8. The number of hydrogen-bond acceptors (Lipinski definition) is 4. The summed E-state index contributed by atoms with van der Waals surface area (Å²) in [5.41, 5.74) is 0.299. The molecule has 0 spiro atoms. The van der Waals surface area contributed by atoms with Crippen LogP contribution in [-0.4, -0.2) is 13.1 Å². The van der Waals surface area contributed by atoms with E-state index in [1.165, 1.54) is 31.6 Å². The minimum Gasteiger partial charge on any atom is -0.619 e. The number of carbonyl (C=O) groups is 1. The van der Waals surface area contributed by atoms with Gasteiger partial charge >= 0.3 is 5.97 Å². The van der Waals surface area contributed by atoms with Crippen molar-refractivity contribution in [2.75, 3.05) is 7.11 Å². The number of carbonyl (C=O) groups excluding carboxylic acids is 1. The molecule has 1 aromatic carbocycles. The van der Waals surface area contributed by atoms with Gasteiger partial charge in [-0.3, -0.25) is 0 Å². The van der Waals surface area contributed by atoms with E-state index in [1.807, 2.05) is 0 Å². The van der Waals surface area contributed by atoms with E-state index in [0.717, 1.165) is 0 Å². The Morgan fingerprint density at radius 3 is 2.33 bits per heavy atom. The second-order valence-electron chi connectivity index (χ2n) is 3.49. The van der Waals surface area contributed by atoms with Crippen LogP contribution in [0.25, 0.3) is 0 Å². The number of esters is 1. The summed E-state index contributed by atoms with van der Waals surface area (Å²) in [5.74, 6) is 0.268. The number of nitrogens with zero attached hydrogens (tertiary/aromatic N) is 1. The molecule has 0 fully saturated rings. The van der Waals surface area contributed by atoms with Crippen LogP contribution in [0.2, 0.25) is 0 Å². The highest BCUT2D eigenvalue weighted by molar-refractivity contribution is 5.91. The van der Waals surface area contributed by atoms with Crippen LogP contribution < -0.4 is 14.2 Å². The van der Waals surface area contributed by atoms with Crippen molar-refractivity contribution in [3.63, 3.8) is 0 Å². The lowest BCUT2D eigenvalue weighted by atomic mass is 10.2. The van der Waals surface area contributed by atoms with Gasteiger partial charge in [0, 0.05) is 12.1 Å². The maximum atomic E-state index is 11.8. The van der Waals surface area contributed by atoms with Gasteiger partial charge in [0.2, 0.25) is 0 Å². The molecule has 0 N–H and O–H groups in total. The van der Waals surface area contributed by atoms with Crippen molar-refractivity contribution in [3.05, 3.63) is 59.6 Å². The van der Waals surface area contributed by atoms with Crippen LogP contribution in [-0.2, 0) is 0 Å². The van der Waals surface area contributed by atoms with Crippen LogP contribution >= 0.6 is 0 Å². The van der Waals surface area contributed by atoms with Crippen LogP contribution in [0.1, 0.15) is 10.4 Å². The number of pyridine rings is 1. The van der Waals surface area contributed by atoms with Gasteiger partial charge < -0.3 is 14.7 Å². The molecule has 1 heterocycles. The number of para-hydroxylation sites is 2. The van der Waals surface area contributed by atoms with Crippen LogP contribution in [0.15, 0.2) is 48.8 Å². The molecule has 0 radical (unpaired) electrons. The molecular weight excluding hydrogens is 234 g/mol. The Hall–Kier alpha value is -2.56. The van der Waals surface area contributed by atoms with Gasteiger partial charge in [-0.1, -0.05) is 12.1 Å². The molecule has 92 valence electrons. The second kappa shape index (κ2) is 5.18. The van der Waals surface area contributed by atoms with E-state index in [0.29, 0.717) is 21.8 Å². The first-order valence-corrected chi connectivity index (χ1v) is 5.25. The van der Waals surface area contributed by atoms with E-state index in [9.17, 15) is 10.0 Å². The molecule has 5 nitrogen and oxygen atoms in total. The fraction of sp³-hybridized carbons (Fsp3) is 0.0769. The van der Waals surface area contributed by atoms with Gasteiger partial charge in [-0.2, -0.15) is 4.73 Å². The lowest BCUT2D eigenvalue weighted by Gasteiger charge is -2.08. The number of aromatic nitrogens is 1. The smallest absolute Gasteiger partial charge is 0.344 e. The fourth-order valence-electron chi connectivity index (χ4n) is 1.41. The van der Waals surface area contributed by atoms with Crippen LogP contribution in [0.4, 0.5) is 0 Å². The number of methoxy groups -OCH3 is 1. The van der Waals surface area contributed by atoms with E-state index >= 15 is 0 Å². The first kappa shape index (κ1) is 11.9. The van der Waals surface area contributed by atoms with Crippen LogP contribution in [0.3, 0.4) is 0 Å². The Morgan fingerprint density at radius 2 is 1.72 bits per heavy atom. The molecule has 1 aromatic heterocycles. The molecule has 0 atom stereocenters. The molecule has 18 heavy (non-hydrogen) atoms. The Balaban J connectivity index is 2.18. The van der Waals surface area contributed by atoms with Crippen molar-refractivity contribution in [2.24, 2.45) is 0 Å². The normalized spacial score (nSPS) is 9.83. The van der Waals surface area contributed by atoms with Crippen molar-refractivity contribution in [1.29, 1.82) is 0 Å². The number of rotatable bonds is 3. The van der Waals surface area contributed by atoms with Gasteiger partial charge in [0.05, 0.1) is 12.7 Å². The largest absolute Gasteiger partial charge is 0.619 e. The van der Waals surface area contributed by atoms with Gasteiger partial charge in [-0.05, 0) is 12.1 Å². The number of ether oxygens (including phenoxy) is 2. The zero-order chi connectivity index (χ0) is 13.0. The average molecular weight is 245 g/mol. The SMILES string of the molecule is COc1ccccc1OC(=O)c1cc[n+]([O-])cc1. The quantitative estimate of drug-likeness (QED) is 0.356. The highest BCUT2D eigenvalue weighted by Gasteiger charge is 2.12. The third-order valence-electron chi connectivity index (χ3n) is 2.31. The van der Waals surface area contributed by atoms with E-state index in [-0.39, 0.29) is 0 Å². The molecule has 5 heteroatoms. The van der Waals surface area contributed by atoms with E-state index in [1.54, 1.807) is 24.3 Å². The molecule has 2 rings (SSSR count). The number of hydrogen-bond donors (Lipinski definition) is 0. The topological polar surface area (TPSA) is 62.5 Å². The van der Waals surface area contributed by atoms with Gasteiger partial charge in [0.1, 0.15) is 0 Å². The van der Waals surface area contributed by atoms with Crippen molar-refractivity contribution in [3.8, 4) is 11.5 Å². The van der Waals surface area contributed by atoms with E-state index in [2.05, 4.69) is 0 Å². The van der Waals surface area contributed by atoms with Gasteiger partial charge in [0.25, 0.3) is 0 Å². The molecule has 0 aliphatic carbocycles. The van der Waals surface area contributed by atoms with E-state index < -0.39 is 5.97 Å². The van der Waals surface area contributed by atoms with Crippen molar-refractivity contribution < 1.29 is 19.0 Å². The summed E-state index contributed by atoms with van der Waals surface area (Å²) in [7, 11) is 1.50. The average Bonchev–Trinajstić information content (AvgIpc) is 2.40. The monoisotopic (exact) mass is 245 g/mol. The minimum absolute atomic E-state index is 0.299. The first-order chi connectivity index (χ1) is 8.70. The second-order valence-corrected chi connectivity index (χ2v) is 3.49. The molecule has 0 amide bonds. The molecule has 0 aliphatic heterocycles. The predicted octanol–water partition coefficient (Wildman–Crippen LogP) is 1.55. The maximum Gasteiger partial charge on any atom is 0.344 e. The fourth-order valence-corrected chi connectivity index (χ4v) is 1.41. The minimum atomic E-state index is -0.542.